The second-order valence-electron chi connectivity index (χ2n) is 8.03. The largest absolute Gasteiger partial charge is 0.454 e. The van der Waals surface area contributed by atoms with Crippen LogP contribution in [0.5, 0.6) is 11.5 Å². The van der Waals surface area contributed by atoms with E-state index in [0.29, 0.717) is 31.2 Å². The highest BCUT2D eigenvalue weighted by Gasteiger charge is 2.24. The first-order valence-corrected chi connectivity index (χ1v) is 10.6. The van der Waals surface area contributed by atoms with E-state index in [1.165, 1.54) is 12.8 Å². The minimum absolute atomic E-state index is 0.00452. The van der Waals surface area contributed by atoms with Gasteiger partial charge in [-0.05, 0) is 54.7 Å². The molecule has 2 heterocycles. The number of hydrogen-bond acceptors (Lipinski definition) is 6. The van der Waals surface area contributed by atoms with Gasteiger partial charge in [-0.1, -0.05) is 6.07 Å². The third kappa shape index (κ3) is 4.31. The third-order valence-electron chi connectivity index (χ3n) is 5.77. The van der Waals surface area contributed by atoms with Gasteiger partial charge in [0.25, 0.3) is 5.91 Å². The van der Waals surface area contributed by atoms with Crippen LogP contribution in [-0.2, 0) is 11.3 Å². The molecule has 3 aliphatic rings. The molecular formula is C23H27N3O4. The van der Waals surface area contributed by atoms with Gasteiger partial charge in [0.1, 0.15) is 0 Å². The minimum atomic E-state index is -0.00452. The second-order valence-corrected chi connectivity index (χ2v) is 8.03. The molecule has 30 heavy (non-hydrogen) atoms. The van der Waals surface area contributed by atoms with Gasteiger partial charge in [-0.3, -0.25) is 4.79 Å². The maximum absolute atomic E-state index is 13.0. The number of benzene rings is 2. The lowest BCUT2D eigenvalue weighted by Crippen LogP contribution is -2.38. The van der Waals surface area contributed by atoms with E-state index in [2.05, 4.69) is 15.5 Å². The maximum atomic E-state index is 13.0. The Hall–Kier alpha value is -2.93. The van der Waals surface area contributed by atoms with Gasteiger partial charge >= 0.3 is 0 Å². The van der Waals surface area contributed by atoms with E-state index >= 15 is 0 Å². The monoisotopic (exact) mass is 409 g/mol. The predicted molar refractivity (Wildman–Crippen MR) is 114 cm³/mol. The highest BCUT2D eigenvalue weighted by atomic mass is 16.7. The summed E-state index contributed by atoms with van der Waals surface area (Å²) in [6.07, 6.45) is 2.43. The molecule has 0 aromatic heterocycles. The SMILES string of the molecule is O=C(NCC1CC1)c1cc(NCc2ccc3c(c2)OCO3)ccc1N1CCOCC1. The Morgan fingerprint density at radius 3 is 2.70 bits per heavy atom. The fraction of sp³-hybridized carbons (Fsp3) is 0.435. The highest BCUT2D eigenvalue weighted by molar-refractivity contribution is 6.01. The number of nitrogens with one attached hydrogen (secondary N) is 2. The lowest BCUT2D eigenvalue weighted by molar-refractivity contribution is 0.0950. The van der Waals surface area contributed by atoms with E-state index < -0.39 is 0 Å². The molecule has 5 rings (SSSR count). The minimum Gasteiger partial charge on any atom is -0.454 e. The standard InChI is InChI=1S/C23H27N3O4/c27-23(25-13-16-1-2-16)19-12-18(4-5-20(19)26-7-9-28-10-8-26)24-14-17-3-6-21-22(11-17)30-15-29-21/h3-6,11-12,16,24H,1-2,7-10,13-15H2,(H,25,27). The van der Waals surface area contributed by atoms with Crippen molar-refractivity contribution in [3.63, 3.8) is 0 Å². The van der Waals surface area contributed by atoms with Crippen molar-refractivity contribution in [2.75, 3.05) is 49.9 Å². The van der Waals surface area contributed by atoms with Crippen LogP contribution in [0.15, 0.2) is 36.4 Å². The van der Waals surface area contributed by atoms with Crippen molar-refractivity contribution in [3.05, 3.63) is 47.5 Å². The van der Waals surface area contributed by atoms with Crippen LogP contribution >= 0.6 is 0 Å². The van der Waals surface area contributed by atoms with Crippen molar-refractivity contribution in [3.8, 4) is 11.5 Å². The quantitative estimate of drug-likeness (QED) is 0.733. The molecule has 2 aliphatic heterocycles. The Morgan fingerprint density at radius 2 is 1.87 bits per heavy atom. The summed E-state index contributed by atoms with van der Waals surface area (Å²) in [6.45, 7) is 4.64. The second kappa shape index (κ2) is 8.44. The zero-order valence-electron chi connectivity index (χ0n) is 17.0. The molecule has 7 nitrogen and oxygen atoms in total. The van der Waals surface area contributed by atoms with Crippen molar-refractivity contribution >= 4 is 17.3 Å². The van der Waals surface area contributed by atoms with Gasteiger partial charge in [-0.2, -0.15) is 0 Å². The molecule has 0 radical (unpaired) electrons. The van der Waals surface area contributed by atoms with Crippen LogP contribution in [0, 0.1) is 5.92 Å². The van der Waals surface area contributed by atoms with Gasteiger partial charge in [0.2, 0.25) is 6.79 Å². The molecule has 2 fully saturated rings. The molecule has 0 bridgehead atoms. The summed E-state index contributed by atoms with van der Waals surface area (Å²) in [7, 11) is 0. The number of fused-ring (bicyclic) bond motifs is 1. The number of hydrogen-bond donors (Lipinski definition) is 2. The Labute approximate surface area is 176 Å². The molecule has 158 valence electrons. The number of nitrogens with zero attached hydrogens (tertiary/aromatic N) is 1. The molecule has 1 saturated carbocycles. The Bertz CT molecular complexity index is 923. The van der Waals surface area contributed by atoms with E-state index in [1.807, 2.05) is 36.4 Å². The van der Waals surface area contributed by atoms with E-state index in [-0.39, 0.29) is 12.7 Å². The van der Waals surface area contributed by atoms with Crippen molar-refractivity contribution < 1.29 is 19.0 Å². The van der Waals surface area contributed by atoms with Crippen LogP contribution in [0.4, 0.5) is 11.4 Å². The van der Waals surface area contributed by atoms with Crippen molar-refractivity contribution in [1.82, 2.24) is 5.32 Å². The van der Waals surface area contributed by atoms with Gasteiger partial charge in [0, 0.05) is 37.6 Å². The molecule has 7 heteroatoms. The summed E-state index contributed by atoms with van der Waals surface area (Å²) >= 11 is 0. The number of ether oxygens (including phenoxy) is 3. The molecule has 0 spiro atoms. The molecular weight excluding hydrogens is 382 g/mol. The zero-order chi connectivity index (χ0) is 20.3. The van der Waals surface area contributed by atoms with Crippen LogP contribution in [-0.4, -0.2) is 45.5 Å². The fourth-order valence-electron chi connectivity index (χ4n) is 3.82. The van der Waals surface area contributed by atoms with Crippen LogP contribution in [0.3, 0.4) is 0 Å². The number of anilines is 2. The van der Waals surface area contributed by atoms with E-state index in [4.69, 9.17) is 14.2 Å². The zero-order valence-corrected chi connectivity index (χ0v) is 17.0. The summed E-state index contributed by atoms with van der Waals surface area (Å²) in [5, 5.41) is 6.55. The van der Waals surface area contributed by atoms with E-state index in [1.54, 1.807) is 0 Å². The Kier molecular flexibility index (Phi) is 5.36. The van der Waals surface area contributed by atoms with Crippen molar-refractivity contribution in [2.24, 2.45) is 5.92 Å². The van der Waals surface area contributed by atoms with Crippen molar-refractivity contribution in [2.45, 2.75) is 19.4 Å². The molecule has 1 saturated heterocycles. The van der Waals surface area contributed by atoms with Crippen LogP contribution in [0.1, 0.15) is 28.8 Å². The lowest BCUT2D eigenvalue weighted by Gasteiger charge is -2.30. The molecule has 1 aliphatic carbocycles. The van der Waals surface area contributed by atoms with Crippen LogP contribution < -0.4 is 25.0 Å². The Balaban J connectivity index is 1.32. The number of amides is 1. The first-order chi connectivity index (χ1) is 14.8. The normalized spacial score (nSPS) is 17.7. The topological polar surface area (TPSA) is 72.1 Å². The van der Waals surface area contributed by atoms with Gasteiger partial charge in [0.05, 0.1) is 18.8 Å². The number of morpholine rings is 1. The molecule has 0 atom stereocenters. The average Bonchev–Trinajstić information content (AvgIpc) is 3.51. The fourth-order valence-corrected chi connectivity index (χ4v) is 3.82. The van der Waals surface area contributed by atoms with Gasteiger partial charge in [-0.15, -0.1) is 0 Å². The predicted octanol–water partition coefficient (Wildman–Crippen LogP) is 3.00. The number of carbonyl (C=O) groups excluding carboxylic acids is 1. The Morgan fingerprint density at radius 1 is 1.03 bits per heavy atom. The maximum Gasteiger partial charge on any atom is 0.253 e. The van der Waals surface area contributed by atoms with Gasteiger partial charge in [-0.25, -0.2) is 0 Å². The smallest absolute Gasteiger partial charge is 0.253 e. The highest BCUT2D eigenvalue weighted by Crippen LogP contribution is 2.33. The third-order valence-corrected chi connectivity index (χ3v) is 5.77. The molecule has 0 unspecified atom stereocenters. The summed E-state index contributed by atoms with van der Waals surface area (Å²) in [4.78, 5) is 15.2. The number of carbonyl (C=O) groups is 1. The summed E-state index contributed by atoms with van der Waals surface area (Å²) in [5.74, 6) is 2.20. The summed E-state index contributed by atoms with van der Waals surface area (Å²) in [5.41, 5.74) is 3.70. The molecule has 2 aromatic rings. The first kappa shape index (κ1) is 19.1. The molecule has 1 amide bonds. The summed E-state index contributed by atoms with van der Waals surface area (Å²) in [6, 6.07) is 12.0. The molecule has 2 aromatic carbocycles. The van der Waals surface area contributed by atoms with Gasteiger partial charge < -0.3 is 29.7 Å². The van der Waals surface area contributed by atoms with Crippen LogP contribution in [0.2, 0.25) is 0 Å². The van der Waals surface area contributed by atoms with Crippen molar-refractivity contribution in [1.29, 1.82) is 0 Å². The van der Waals surface area contributed by atoms with Gasteiger partial charge in [0.15, 0.2) is 11.5 Å². The summed E-state index contributed by atoms with van der Waals surface area (Å²) < 4.78 is 16.3. The lowest BCUT2D eigenvalue weighted by atomic mass is 10.1. The van der Waals surface area contributed by atoms with E-state index in [0.717, 1.165) is 48.1 Å². The number of rotatable bonds is 7. The van der Waals surface area contributed by atoms with E-state index in [9.17, 15) is 4.79 Å². The first-order valence-electron chi connectivity index (χ1n) is 10.6. The average molecular weight is 409 g/mol. The molecule has 2 N–H and O–H groups in total. The van der Waals surface area contributed by atoms with Crippen LogP contribution in [0.25, 0.3) is 0 Å².